The van der Waals surface area contributed by atoms with Gasteiger partial charge in [0.2, 0.25) is 5.91 Å². The zero-order valence-corrected chi connectivity index (χ0v) is 30.5. The maximum atomic E-state index is 14.5. The maximum Gasteiger partial charge on any atom is 0.407 e. The number of hydrazine groups is 1. The maximum absolute atomic E-state index is 14.5. The summed E-state index contributed by atoms with van der Waals surface area (Å²) >= 11 is 0. The number of carbonyl (C=O) groups excluding carboxylic acids is 5. The van der Waals surface area contributed by atoms with Crippen LogP contribution in [0.25, 0.3) is 0 Å². The lowest BCUT2D eigenvalue weighted by Crippen LogP contribution is -2.60. The number of pyridine rings is 1. The minimum absolute atomic E-state index is 0.103. The Morgan fingerprint density at radius 3 is 1.90 bits per heavy atom. The van der Waals surface area contributed by atoms with E-state index in [4.69, 9.17) is 9.47 Å². The van der Waals surface area contributed by atoms with Gasteiger partial charge < -0.3 is 30.5 Å². The van der Waals surface area contributed by atoms with Gasteiger partial charge in [-0.3, -0.25) is 24.8 Å². The third-order valence-electron chi connectivity index (χ3n) is 9.18. The van der Waals surface area contributed by atoms with E-state index in [2.05, 4.69) is 26.4 Å². The van der Waals surface area contributed by atoms with Crippen molar-refractivity contribution < 1.29 is 38.6 Å². The van der Waals surface area contributed by atoms with Crippen LogP contribution in [-0.4, -0.2) is 90.3 Å². The van der Waals surface area contributed by atoms with Crippen molar-refractivity contribution >= 4 is 29.8 Å². The highest BCUT2D eigenvalue weighted by atomic mass is 16.5. The number of ketones is 1. The second kappa shape index (κ2) is 20.3. The molecule has 1 saturated carbocycles. The molecule has 4 amide bonds. The molecule has 5 atom stereocenters. The number of aliphatic hydroxyl groups is 1. The van der Waals surface area contributed by atoms with Crippen LogP contribution in [0, 0.1) is 23.7 Å². The third-order valence-corrected chi connectivity index (χ3v) is 9.18. The van der Waals surface area contributed by atoms with Crippen LogP contribution in [0.15, 0.2) is 54.7 Å². The fourth-order valence-electron chi connectivity index (χ4n) is 6.32. The summed E-state index contributed by atoms with van der Waals surface area (Å²) < 4.78 is 9.51. The monoisotopic (exact) mass is 710 g/mol. The van der Waals surface area contributed by atoms with Crippen LogP contribution in [0.3, 0.4) is 0 Å². The number of Topliss-reactive ketones (excluding diaryl/α,β-unsaturated/α-hetero) is 1. The third kappa shape index (κ3) is 12.3. The van der Waals surface area contributed by atoms with Crippen molar-refractivity contribution in [3.8, 4) is 0 Å². The summed E-state index contributed by atoms with van der Waals surface area (Å²) in [6.07, 6.45) is 3.50. The van der Waals surface area contributed by atoms with Crippen molar-refractivity contribution in [2.24, 2.45) is 23.7 Å². The molecule has 5 N–H and O–H groups in total. The average molecular weight is 711 g/mol. The summed E-state index contributed by atoms with van der Waals surface area (Å²) in [7, 11) is 2.40. The van der Waals surface area contributed by atoms with Crippen LogP contribution in [0.2, 0.25) is 0 Å². The van der Waals surface area contributed by atoms with Gasteiger partial charge in [-0.05, 0) is 48.3 Å². The van der Waals surface area contributed by atoms with E-state index >= 15 is 0 Å². The molecular formula is C37H54N6O8. The Bertz CT molecular complexity index is 1420. The second-order valence-corrected chi connectivity index (χ2v) is 13.7. The summed E-state index contributed by atoms with van der Waals surface area (Å²) in [5.74, 6) is -3.30. The van der Waals surface area contributed by atoms with Crippen molar-refractivity contribution in [2.45, 2.75) is 84.0 Å². The summed E-state index contributed by atoms with van der Waals surface area (Å²) in [5.41, 5.74) is 3.50. The van der Waals surface area contributed by atoms with E-state index in [9.17, 15) is 29.1 Å². The molecule has 280 valence electrons. The number of methoxy groups -OCH3 is 2. The number of nitrogens with one attached hydrogen (secondary N) is 4. The van der Waals surface area contributed by atoms with Gasteiger partial charge in [0.05, 0.1) is 32.3 Å². The fraction of sp³-hybridized carbons (Fsp3) is 0.568. The van der Waals surface area contributed by atoms with Crippen molar-refractivity contribution in [3.63, 3.8) is 0 Å². The second-order valence-electron chi connectivity index (χ2n) is 13.7. The number of rotatable bonds is 17. The Labute approximate surface area is 300 Å². The number of hydrogen-bond acceptors (Lipinski definition) is 10. The summed E-state index contributed by atoms with van der Waals surface area (Å²) in [6.45, 7) is 7.30. The number of aromatic nitrogens is 1. The molecule has 1 aliphatic rings. The Kier molecular flexibility index (Phi) is 16.3. The molecular weight excluding hydrogens is 656 g/mol. The van der Waals surface area contributed by atoms with Crippen LogP contribution in [-0.2, 0) is 19.1 Å². The summed E-state index contributed by atoms with van der Waals surface area (Å²) in [6, 6.07) is 10.2. The molecule has 0 bridgehead atoms. The Balaban J connectivity index is 2.12. The lowest BCUT2D eigenvalue weighted by atomic mass is 9.85. The normalized spacial score (nSPS) is 16.4. The van der Waals surface area contributed by atoms with E-state index in [1.165, 1.54) is 20.4 Å². The molecule has 0 spiro atoms. The van der Waals surface area contributed by atoms with Gasteiger partial charge in [0.1, 0.15) is 17.8 Å². The quantitative estimate of drug-likeness (QED) is 0.119. The van der Waals surface area contributed by atoms with Crippen LogP contribution >= 0.6 is 0 Å². The first-order valence-electron chi connectivity index (χ1n) is 17.6. The minimum Gasteiger partial charge on any atom is -0.453 e. The molecule has 2 aromatic rings. The van der Waals surface area contributed by atoms with Crippen LogP contribution in [0.4, 0.5) is 9.59 Å². The number of carbonyl (C=O) groups is 5. The molecule has 3 rings (SSSR count). The largest absolute Gasteiger partial charge is 0.453 e. The zero-order chi connectivity index (χ0) is 37.5. The van der Waals surface area contributed by atoms with Crippen LogP contribution < -0.4 is 21.4 Å². The lowest BCUT2D eigenvalue weighted by Gasteiger charge is -2.38. The molecule has 0 saturated heterocycles. The van der Waals surface area contributed by atoms with Crippen molar-refractivity contribution in [3.05, 3.63) is 66.0 Å². The van der Waals surface area contributed by atoms with Gasteiger partial charge in [-0.1, -0.05) is 83.4 Å². The predicted molar refractivity (Wildman–Crippen MR) is 190 cm³/mol. The molecule has 1 fully saturated rings. The standard InChI is InChI=1S/C37H54N6O8/c1-23(2)29(40-36(48)50-5)34(46)39-31(32(44)26-17-11-8-12-18-26)27(33(45)28-19-13-14-20-38-28)22-43(21-25-15-9-7-10-16-25)42-35(47)30(24(3)4)41-37(49)51-6/h8,11-14,17-20,23-25,27,29-32,44H,7,9-10,15-16,21-22H2,1-6H3,(H,39,46)(H,40,48)(H,41,49)(H,42,47)/t27?,29-,30-,31?,32?/m0/s1. The first kappa shape index (κ1) is 40.9. The van der Waals surface area contributed by atoms with E-state index in [-0.39, 0.29) is 30.0 Å². The summed E-state index contributed by atoms with van der Waals surface area (Å²) in [5, 5.41) is 21.7. The molecule has 3 unspecified atom stereocenters. The number of benzene rings is 1. The van der Waals surface area contributed by atoms with E-state index in [0.29, 0.717) is 12.1 Å². The molecule has 14 nitrogen and oxygen atoms in total. The number of alkyl carbamates (subject to hydrolysis) is 2. The van der Waals surface area contributed by atoms with Gasteiger partial charge in [-0.25, -0.2) is 14.6 Å². The average Bonchev–Trinajstić information content (AvgIpc) is 3.13. The van der Waals surface area contributed by atoms with Gasteiger partial charge in [0, 0.05) is 19.3 Å². The van der Waals surface area contributed by atoms with E-state index in [0.717, 1.165) is 32.1 Å². The Morgan fingerprint density at radius 2 is 1.37 bits per heavy atom. The molecule has 1 heterocycles. The first-order chi connectivity index (χ1) is 24.4. The lowest BCUT2D eigenvalue weighted by molar-refractivity contribution is -0.130. The van der Waals surface area contributed by atoms with Gasteiger partial charge in [0.25, 0.3) is 5.91 Å². The van der Waals surface area contributed by atoms with Crippen molar-refractivity contribution in [1.82, 2.24) is 31.4 Å². The highest BCUT2D eigenvalue weighted by molar-refractivity contribution is 5.97. The molecule has 0 radical (unpaired) electrons. The van der Waals surface area contributed by atoms with Gasteiger partial charge in [-0.15, -0.1) is 0 Å². The molecule has 0 aliphatic heterocycles. The summed E-state index contributed by atoms with van der Waals surface area (Å²) in [4.78, 5) is 71.0. The topological polar surface area (TPSA) is 188 Å². The predicted octanol–water partition coefficient (Wildman–Crippen LogP) is 3.77. The van der Waals surface area contributed by atoms with Gasteiger partial charge in [-0.2, -0.15) is 0 Å². The van der Waals surface area contributed by atoms with E-state index in [1.54, 1.807) is 81.2 Å². The minimum atomic E-state index is -1.39. The van der Waals surface area contributed by atoms with Gasteiger partial charge >= 0.3 is 12.2 Å². The van der Waals surface area contributed by atoms with E-state index in [1.807, 2.05) is 0 Å². The molecule has 1 aliphatic carbocycles. The van der Waals surface area contributed by atoms with Crippen molar-refractivity contribution in [1.29, 1.82) is 0 Å². The fourth-order valence-corrected chi connectivity index (χ4v) is 6.32. The number of ether oxygens (including phenoxy) is 2. The molecule has 1 aromatic heterocycles. The zero-order valence-electron chi connectivity index (χ0n) is 30.5. The first-order valence-corrected chi connectivity index (χ1v) is 17.6. The molecule has 51 heavy (non-hydrogen) atoms. The van der Waals surface area contributed by atoms with Crippen molar-refractivity contribution in [2.75, 3.05) is 27.3 Å². The number of aliphatic hydroxyl groups excluding tert-OH is 1. The van der Waals surface area contributed by atoms with Gasteiger partial charge in [0.15, 0.2) is 5.78 Å². The number of nitrogens with zero attached hydrogens (tertiary/aromatic N) is 2. The Hall–Kier alpha value is -4.56. The SMILES string of the molecule is COC(=O)N[C@H](C(=O)NC(C(CN(CC1CCCCC1)NC(=O)[C@@H](NC(=O)OC)C(C)C)C(=O)c1ccccn1)C(O)c1ccccc1)C(C)C. The highest BCUT2D eigenvalue weighted by Gasteiger charge is 2.40. The van der Waals surface area contributed by atoms with Crippen LogP contribution in [0.5, 0.6) is 0 Å². The smallest absolute Gasteiger partial charge is 0.407 e. The van der Waals surface area contributed by atoms with Crippen LogP contribution in [0.1, 0.15) is 82.0 Å². The molecule has 14 heteroatoms. The van der Waals surface area contributed by atoms with E-state index < -0.39 is 59.9 Å². The number of hydrogen-bond donors (Lipinski definition) is 5. The molecule has 1 aromatic carbocycles. The number of amides is 4. The highest BCUT2D eigenvalue weighted by Crippen LogP contribution is 2.28. The Morgan fingerprint density at radius 1 is 0.804 bits per heavy atom.